The third kappa shape index (κ3) is 3.15. The average molecular weight is 379 g/mol. The quantitative estimate of drug-likeness (QED) is 0.295. The molecule has 0 N–H and O–H groups in total. The number of nitro groups is 1. The van der Waals surface area contributed by atoms with Crippen molar-refractivity contribution < 1.29 is 18.9 Å². The van der Waals surface area contributed by atoms with E-state index < -0.39 is 16.5 Å². The van der Waals surface area contributed by atoms with Gasteiger partial charge >= 0.3 is 11.6 Å². The SMILES string of the molecule is Cc1c(C(=O)OCc2cc(=O)oc3cc4c(cc23)CCC4)cccc1[N+](=O)[O-]. The number of nitro benzene ring substituents is 1. The first-order valence-electron chi connectivity index (χ1n) is 8.93. The Balaban J connectivity index is 1.64. The van der Waals surface area contributed by atoms with Crippen molar-refractivity contribution in [3.8, 4) is 0 Å². The van der Waals surface area contributed by atoms with E-state index in [2.05, 4.69) is 0 Å². The molecule has 0 radical (unpaired) electrons. The number of hydrogen-bond acceptors (Lipinski definition) is 6. The number of rotatable bonds is 4. The van der Waals surface area contributed by atoms with Gasteiger partial charge in [-0.15, -0.1) is 0 Å². The average Bonchev–Trinajstić information content (AvgIpc) is 3.11. The first-order chi connectivity index (χ1) is 13.4. The summed E-state index contributed by atoms with van der Waals surface area (Å²) in [4.78, 5) is 34.9. The molecule has 1 aliphatic carbocycles. The minimum absolute atomic E-state index is 0.123. The van der Waals surface area contributed by atoms with Crippen molar-refractivity contribution in [3.63, 3.8) is 0 Å². The first kappa shape index (κ1) is 17.9. The summed E-state index contributed by atoms with van der Waals surface area (Å²) in [6, 6.07) is 9.45. The summed E-state index contributed by atoms with van der Waals surface area (Å²) >= 11 is 0. The Morgan fingerprint density at radius 1 is 1.21 bits per heavy atom. The van der Waals surface area contributed by atoms with Crippen molar-refractivity contribution >= 4 is 22.6 Å². The van der Waals surface area contributed by atoms with Crippen LogP contribution in [0, 0.1) is 17.0 Å². The van der Waals surface area contributed by atoms with Gasteiger partial charge in [0, 0.05) is 28.6 Å². The van der Waals surface area contributed by atoms with Crippen LogP contribution in [-0.4, -0.2) is 10.9 Å². The van der Waals surface area contributed by atoms with Gasteiger partial charge in [-0.05, 0) is 55.5 Å². The summed E-state index contributed by atoms with van der Waals surface area (Å²) in [5, 5.41) is 11.8. The van der Waals surface area contributed by atoms with Crippen molar-refractivity contribution in [3.05, 3.63) is 84.7 Å². The largest absolute Gasteiger partial charge is 0.457 e. The smallest absolute Gasteiger partial charge is 0.338 e. The molecule has 4 rings (SSSR count). The molecule has 28 heavy (non-hydrogen) atoms. The molecule has 1 heterocycles. The number of ether oxygens (including phenoxy) is 1. The Labute approximate surface area is 159 Å². The Bertz CT molecular complexity index is 1180. The zero-order valence-electron chi connectivity index (χ0n) is 15.2. The Morgan fingerprint density at radius 3 is 2.71 bits per heavy atom. The second kappa shape index (κ2) is 6.92. The van der Waals surface area contributed by atoms with Gasteiger partial charge in [-0.2, -0.15) is 0 Å². The number of fused-ring (bicyclic) bond motifs is 2. The molecule has 0 amide bonds. The van der Waals surface area contributed by atoms with Crippen LogP contribution in [0.25, 0.3) is 11.0 Å². The van der Waals surface area contributed by atoms with Gasteiger partial charge in [-0.25, -0.2) is 9.59 Å². The lowest BCUT2D eigenvalue weighted by Crippen LogP contribution is -2.10. The Morgan fingerprint density at radius 2 is 1.96 bits per heavy atom. The standard InChI is InChI=1S/C21H17NO6/c1-12-16(6-3-7-18(12)22(25)26)21(24)27-11-15-10-20(23)28-19-9-14-5-2-4-13(14)8-17(15)19/h3,6-10H,2,4-5,11H2,1H3. The van der Waals surface area contributed by atoms with E-state index in [1.165, 1.54) is 42.3 Å². The zero-order chi connectivity index (χ0) is 19.8. The Hall–Kier alpha value is -3.48. The second-order valence-corrected chi connectivity index (χ2v) is 6.84. The van der Waals surface area contributed by atoms with E-state index in [1.807, 2.05) is 12.1 Å². The summed E-state index contributed by atoms with van der Waals surface area (Å²) in [5.74, 6) is -0.677. The molecule has 1 aliphatic rings. The maximum atomic E-state index is 12.5. The minimum atomic E-state index is -0.677. The summed E-state index contributed by atoms with van der Waals surface area (Å²) in [6.07, 6.45) is 2.99. The Kier molecular flexibility index (Phi) is 4.43. The summed E-state index contributed by atoms with van der Waals surface area (Å²) in [6.45, 7) is 1.38. The summed E-state index contributed by atoms with van der Waals surface area (Å²) in [5.41, 5.74) is 3.14. The minimum Gasteiger partial charge on any atom is -0.457 e. The van der Waals surface area contributed by atoms with Crippen molar-refractivity contribution in [2.24, 2.45) is 0 Å². The molecule has 3 aromatic rings. The zero-order valence-corrected chi connectivity index (χ0v) is 15.2. The van der Waals surface area contributed by atoms with Crippen LogP contribution in [-0.2, 0) is 24.2 Å². The van der Waals surface area contributed by atoms with E-state index in [0.29, 0.717) is 11.1 Å². The lowest BCUT2D eigenvalue weighted by atomic mass is 10.0. The third-order valence-electron chi connectivity index (χ3n) is 5.12. The molecule has 0 bridgehead atoms. The monoisotopic (exact) mass is 379 g/mol. The van der Waals surface area contributed by atoms with Gasteiger partial charge in [0.2, 0.25) is 0 Å². The first-order valence-corrected chi connectivity index (χ1v) is 8.93. The highest BCUT2D eigenvalue weighted by Gasteiger charge is 2.20. The summed E-state index contributed by atoms with van der Waals surface area (Å²) < 4.78 is 10.7. The van der Waals surface area contributed by atoms with Gasteiger partial charge in [0.25, 0.3) is 5.69 Å². The van der Waals surface area contributed by atoms with Crippen LogP contribution in [0.4, 0.5) is 5.69 Å². The fourth-order valence-electron chi connectivity index (χ4n) is 3.68. The van der Waals surface area contributed by atoms with Gasteiger partial charge in [0.15, 0.2) is 0 Å². The number of nitrogens with zero attached hydrogens (tertiary/aromatic N) is 1. The van der Waals surface area contributed by atoms with E-state index >= 15 is 0 Å². The van der Waals surface area contributed by atoms with Crippen molar-refractivity contribution in [2.75, 3.05) is 0 Å². The molecular weight excluding hydrogens is 362 g/mol. The van der Waals surface area contributed by atoms with Gasteiger partial charge in [-0.3, -0.25) is 10.1 Å². The van der Waals surface area contributed by atoms with Crippen molar-refractivity contribution in [2.45, 2.75) is 32.8 Å². The molecular formula is C21H17NO6. The lowest BCUT2D eigenvalue weighted by Gasteiger charge is -2.10. The highest BCUT2D eigenvalue weighted by Crippen LogP contribution is 2.29. The fourth-order valence-corrected chi connectivity index (χ4v) is 3.68. The molecule has 0 atom stereocenters. The molecule has 0 fully saturated rings. The normalized spacial score (nSPS) is 12.8. The predicted molar refractivity (Wildman–Crippen MR) is 101 cm³/mol. The van der Waals surface area contributed by atoms with Crippen LogP contribution in [0.5, 0.6) is 0 Å². The number of carbonyl (C=O) groups excluding carboxylic acids is 1. The highest BCUT2D eigenvalue weighted by atomic mass is 16.6. The van der Waals surface area contributed by atoms with Crippen LogP contribution < -0.4 is 5.63 Å². The maximum Gasteiger partial charge on any atom is 0.338 e. The van der Waals surface area contributed by atoms with Crippen LogP contribution in [0.3, 0.4) is 0 Å². The molecule has 0 saturated heterocycles. The molecule has 0 aliphatic heterocycles. The lowest BCUT2D eigenvalue weighted by molar-refractivity contribution is -0.385. The fraction of sp³-hybridized carbons (Fsp3) is 0.238. The van der Waals surface area contributed by atoms with E-state index in [4.69, 9.17) is 9.15 Å². The molecule has 7 nitrogen and oxygen atoms in total. The molecule has 142 valence electrons. The third-order valence-corrected chi connectivity index (χ3v) is 5.12. The highest BCUT2D eigenvalue weighted by molar-refractivity contribution is 5.92. The number of hydrogen-bond donors (Lipinski definition) is 0. The van der Waals surface area contributed by atoms with E-state index in [1.54, 1.807) is 0 Å². The van der Waals surface area contributed by atoms with Crippen LogP contribution >= 0.6 is 0 Å². The van der Waals surface area contributed by atoms with E-state index in [9.17, 15) is 19.7 Å². The molecule has 0 saturated carbocycles. The molecule has 1 aromatic heterocycles. The van der Waals surface area contributed by atoms with Crippen LogP contribution in [0.15, 0.2) is 45.6 Å². The molecule has 7 heteroatoms. The second-order valence-electron chi connectivity index (χ2n) is 6.84. The van der Waals surface area contributed by atoms with E-state index in [-0.39, 0.29) is 23.4 Å². The summed E-state index contributed by atoms with van der Waals surface area (Å²) in [7, 11) is 0. The molecule has 0 unspecified atom stereocenters. The van der Waals surface area contributed by atoms with E-state index in [0.717, 1.165) is 24.6 Å². The van der Waals surface area contributed by atoms with Crippen LogP contribution in [0.2, 0.25) is 0 Å². The number of aryl methyl sites for hydroxylation is 2. The topological polar surface area (TPSA) is 99.7 Å². The van der Waals surface area contributed by atoms with Gasteiger partial charge in [-0.1, -0.05) is 6.07 Å². The molecule has 0 spiro atoms. The van der Waals surface area contributed by atoms with Crippen molar-refractivity contribution in [1.29, 1.82) is 0 Å². The van der Waals surface area contributed by atoms with Gasteiger partial charge in [0.1, 0.15) is 12.2 Å². The number of benzene rings is 2. The number of esters is 1. The van der Waals surface area contributed by atoms with Crippen molar-refractivity contribution in [1.82, 2.24) is 0 Å². The number of carbonyl (C=O) groups is 1. The van der Waals surface area contributed by atoms with Gasteiger partial charge in [0.05, 0.1) is 10.5 Å². The van der Waals surface area contributed by atoms with Gasteiger partial charge < -0.3 is 9.15 Å². The molecule has 2 aromatic carbocycles. The van der Waals surface area contributed by atoms with Crippen LogP contribution in [0.1, 0.15) is 39.0 Å². The maximum absolute atomic E-state index is 12.5. The predicted octanol–water partition coefficient (Wildman–Crippen LogP) is 3.86.